The van der Waals surface area contributed by atoms with Crippen molar-refractivity contribution in [3.8, 4) is 0 Å². The van der Waals surface area contributed by atoms with Gasteiger partial charge in [-0.25, -0.2) is 0 Å². The molecule has 0 saturated heterocycles. The van der Waals surface area contributed by atoms with Gasteiger partial charge < -0.3 is 14.5 Å². The second kappa shape index (κ2) is 6.32. The van der Waals surface area contributed by atoms with Gasteiger partial charge in [-0.15, -0.1) is 0 Å². The third kappa shape index (κ3) is 5.63. The summed E-state index contributed by atoms with van der Waals surface area (Å²) in [5.74, 6) is -0.544. The van der Waals surface area contributed by atoms with Crippen LogP contribution in [0.4, 0.5) is 0 Å². The van der Waals surface area contributed by atoms with Crippen LogP contribution < -0.4 is 0 Å². The molecule has 0 aromatic carbocycles. The van der Waals surface area contributed by atoms with E-state index in [0.29, 0.717) is 12.8 Å². The van der Waals surface area contributed by atoms with Gasteiger partial charge in [0.05, 0.1) is 18.2 Å². The number of esters is 1. The Balaban J connectivity index is 2.44. The fraction of sp³-hybridized carbons (Fsp3) is 0.583. The van der Waals surface area contributed by atoms with Crippen molar-refractivity contribution in [1.82, 2.24) is 0 Å². The zero-order valence-electron chi connectivity index (χ0n) is 10.6. The highest BCUT2D eigenvalue weighted by Gasteiger charge is 2.20. The first kappa shape index (κ1) is 15.2. The smallest absolute Gasteiger partial charge is 0.325 e. The van der Waals surface area contributed by atoms with Crippen LogP contribution in [0.2, 0.25) is 0 Å². The van der Waals surface area contributed by atoms with Crippen LogP contribution in [0.5, 0.6) is 0 Å². The van der Waals surface area contributed by atoms with E-state index in [-0.39, 0.29) is 24.2 Å². The molecule has 0 heterocycles. The fourth-order valence-corrected chi connectivity index (χ4v) is 2.17. The van der Waals surface area contributed by atoms with Gasteiger partial charge in [-0.1, -0.05) is 23.8 Å². The Bertz CT molecular complexity index is 405. The van der Waals surface area contributed by atoms with E-state index in [0.717, 1.165) is 5.57 Å². The lowest BCUT2D eigenvalue weighted by Gasteiger charge is -2.17. The van der Waals surface area contributed by atoms with E-state index in [1.165, 1.54) is 0 Å². The number of ether oxygens (including phenoxy) is 1. The summed E-state index contributed by atoms with van der Waals surface area (Å²) < 4.78 is 15.8. The molecule has 0 aliphatic heterocycles. The van der Waals surface area contributed by atoms with Crippen molar-refractivity contribution < 1.29 is 23.9 Å². The topological polar surface area (TPSA) is 83.8 Å². The van der Waals surface area contributed by atoms with Crippen LogP contribution in [0.15, 0.2) is 23.8 Å². The van der Waals surface area contributed by atoms with Crippen LogP contribution in [-0.2, 0) is 14.1 Å². The Hall–Kier alpha value is -0.900. The molecule has 0 bridgehead atoms. The standard InChI is InChI=1S/C12H19O5P/c1-9(2)17-12(13)11-5-3-10(4-6-11)7-8-18(14,15)16/h3-5,9,11H,6-8H2,1-2H3,(H2,14,15,16). The molecule has 1 atom stereocenters. The lowest BCUT2D eigenvalue weighted by Crippen LogP contribution is -2.20. The van der Waals surface area contributed by atoms with Crippen molar-refractivity contribution in [3.63, 3.8) is 0 Å². The minimum absolute atomic E-state index is 0.133. The zero-order valence-corrected chi connectivity index (χ0v) is 11.5. The molecule has 0 fully saturated rings. The molecule has 102 valence electrons. The second-order valence-corrected chi connectivity index (χ2v) is 6.38. The van der Waals surface area contributed by atoms with E-state index in [2.05, 4.69) is 0 Å². The molecule has 1 aliphatic rings. The normalized spacial score (nSPS) is 19.8. The summed E-state index contributed by atoms with van der Waals surface area (Å²) in [6.07, 6.45) is 5.87. The highest BCUT2D eigenvalue weighted by atomic mass is 31.2. The molecule has 0 aromatic rings. The van der Waals surface area contributed by atoms with Gasteiger partial charge >= 0.3 is 13.6 Å². The summed E-state index contributed by atoms with van der Waals surface area (Å²) in [4.78, 5) is 29.2. The Labute approximate surface area is 107 Å². The molecule has 0 radical (unpaired) electrons. The number of allylic oxidation sites excluding steroid dienone is 3. The quantitative estimate of drug-likeness (QED) is 0.591. The second-order valence-electron chi connectivity index (χ2n) is 4.60. The van der Waals surface area contributed by atoms with Crippen molar-refractivity contribution in [3.05, 3.63) is 23.8 Å². The Kier molecular flexibility index (Phi) is 5.32. The SMILES string of the molecule is CC(C)OC(=O)C1C=CC(CCP(=O)(O)O)=CC1. The van der Waals surface area contributed by atoms with Crippen molar-refractivity contribution in [2.45, 2.75) is 32.8 Å². The van der Waals surface area contributed by atoms with Crippen LogP contribution >= 0.6 is 7.60 Å². The number of hydrogen-bond acceptors (Lipinski definition) is 3. The van der Waals surface area contributed by atoms with E-state index in [9.17, 15) is 9.36 Å². The third-order valence-corrected chi connectivity index (χ3v) is 3.33. The average Bonchev–Trinajstić information content (AvgIpc) is 2.25. The Morgan fingerprint density at radius 3 is 2.67 bits per heavy atom. The summed E-state index contributed by atoms with van der Waals surface area (Å²) >= 11 is 0. The van der Waals surface area contributed by atoms with Crippen LogP contribution in [0.1, 0.15) is 26.7 Å². The van der Waals surface area contributed by atoms with Crippen LogP contribution in [0.25, 0.3) is 0 Å². The van der Waals surface area contributed by atoms with E-state index in [4.69, 9.17) is 14.5 Å². The van der Waals surface area contributed by atoms with Crippen LogP contribution in [0, 0.1) is 5.92 Å². The highest BCUT2D eigenvalue weighted by molar-refractivity contribution is 7.51. The number of rotatable bonds is 5. The van der Waals surface area contributed by atoms with Gasteiger partial charge in [0.15, 0.2) is 0 Å². The third-order valence-electron chi connectivity index (χ3n) is 2.52. The minimum Gasteiger partial charge on any atom is -0.463 e. The number of carbonyl (C=O) groups is 1. The van der Waals surface area contributed by atoms with Crippen LogP contribution in [0.3, 0.4) is 0 Å². The van der Waals surface area contributed by atoms with Gasteiger partial charge in [0, 0.05) is 0 Å². The van der Waals surface area contributed by atoms with E-state index in [1.807, 2.05) is 6.08 Å². The molecule has 6 heteroatoms. The molecular formula is C12H19O5P. The maximum atomic E-state index is 11.6. The Morgan fingerprint density at radius 1 is 1.56 bits per heavy atom. The lowest BCUT2D eigenvalue weighted by atomic mass is 9.96. The predicted molar refractivity (Wildman–Crippen MR) is 68.1 cm³/mol. The van der Waals surface area contributed by atoms with Gasteiger partial charge in [-0.05, 0) is 26.7 Å². The van der Waals surface area contributed by atoms with Gasteiger partial charge in [-0.2, -0.15) is 0 Å². The molecule has 5 nitrogen and oxygen atoms in total. The molecule has 1 aliphatic carbocycles. The minimum atomic E-state index is -3.95. The largest absolute Gasteiger partial charge is 0.463 e. The van der Waals surface area contributed by atoms with Gasteiger partial charge in [0.2, 0.25) is 0 Å². The maximum Gasteiger partial charge on any atom is 0.325 e. The van der Waals surface area contributed by atoms with Gasteiger partial charge in [0.25, 0.3) is 0 Å². The van der Waals surface area contributed by atoms with Crippen molar-refractivity contribution in [2.75, 3.05) is 6.16 Å². The van der Waals surface area contributed by atoms with Crippen LogP contribution in [-0.4, -0.2) is 28.0 Å². The van der Waals surface area contributed by atoms with E-state index in [1.54, 1.807) is 26.0 Å². The monoisotopic (exact) mass is 274 g/mol. The first-order chi connectivity index (χ1) is 8.28. The maximum absolute atomic E-state index is 11.6. The molecule has 1 unspecified atom stereocenters. The molecule has 1 rings (SSSR count). The molecule has 0 aromatic heterocycles. The molecule has 0 saturated carbocycles. The summed E-state index contributed by atoms with van der Waals surface area (Å²) in [7, 11) is -3.95. The molecule has 0 amide bonds. The summed E-state index contributed by atoms with van der Waals surface area (Å²) in [5.41, 5.74) is 0.854. The van der Waals surface area contributed by atoms with Gasteiger partial charge in [0.1, 0.15) is 0 Å². The first-order valence-electron chi connectivity index (χ1n) is 5.90. The molecule has 2 N–H and O–H groups in total. The lowest BCUT2D eigenvalue weighted by molar-refractivity contribution is -0.150. The number of carbonyl (C=O) groups excluding carboxylic acids is 1. The zero-order chi connectivity index (χ0) is 13.8. The summed E-state index contributed by atoms with van der Waals surface area (Å²) in [6.45, 7) is 3.59. The number of hydrogen-bond donors (Lipinski definition) is 2. The summed E-state index contributed by atoms with van der Waals surface area (Å²) in [5, 5.41) is 0. The predicted octanol–water partition coefficient (Wildman–Crippen LogP) is 2.01. The molecule has 18 heavy (non-hydrogen) atoms. The van der Waals surface area contributed by atoms with E-state index < -0.39 is 7.60 Å². The van der Waals surface area contributed by atoms with Crippen molar-refractivity contribution in [1.29, 1.82) is 0 Å². The van der Waals surface area contributed by atoms with Crippen molar-refractivity contribution in [2.24, 2.45) is 5.92 Å². The molecular weight excluding hydrogens is 255 g/mol. The van der Waals surface area contributed by atoms with Crippen molar-refractivity contribution >= 4 is 13.6 Å². The Morgan fingerprint density at radius 2 is 2.22 bits per heavy atom. The summed E-state index contributed by atoms with van der Waals surface area (Å²) in [6, 6.07) is 0. The highest BCUT2D eigenvalue weighted by Crippen LogP contribution is 2.36. The average molecular weight is 274 g/mol. The first-order valence-corrected chi connectivity index (χ1v) is 7.70. The fourth-order valence-electron chi connectivity index (χ4n) is 1.62. The molecule has 0 spiro atoms. The van der Waals surface area contributed by atoms with E-state index >= 15 is 0 Å². The van der Waals surface area contributed by atoms with Gasteiger partial charge in [-0.3, -0.25) is 9.36 Å².